The van der Waals surface area contributed by atoms with Crippen molar-refractivity contribution in [3.05, 3.63) is 17.0 Å². The second kappa shape index (κ2) is 11.0. The maximum Gasteiger partial charge on any atom is 0.220 e. The number of piperidine rings is 1. The molecule has 1 aromatic rings. The number of ether oxygens (including phenoxy) is 1. The van der Waals surface area contributed by atoms with Crippen molar-refractivity contribution in [1.82, 2.24) is 20.4 Å². The van der Waals surface area contributed by atoms with Crippen LogP contribution in [0, 0.1) is 25.2 Å². The first kappa shape index (κ1) is 23.9. The van der Waals surface area contributed by atoms with Crippen molar-refractivity contribution in [2.24, 2.45) is 11.3 Å². The predicted octanol–water partition coefficient (Wildman–Crippen LogP) is 2.64. The summed E-state index contributed by atoms with van der Waals surface area (Å²) in [5, 5.41) is 11.2. The molecule has 2 rings (SSSR count). The lowest BCUT2D eigenvalue weighted by Gasteiger charge is -2.37. The van der Waals surface area contributed by atoms with E-state index in [0.29, 0.717) is 25.5 Å². The zero-order chi connectivity index (χ0) is 19.2. The van der Waals surface area contributed by atoms with E-state index in [2.05, 4.69) is 41.2 Å². The minimum Gasteiger partial charge on any atom is -0.384 e. The number of carbonyl (C=O) groups excluding carboxylic acids is 1. The number of aryl methyl sites for hydroxylation is 1. The first-order chi connectivity index (χ1) is 12.4. The molecule has 0 bridgehead atoms. The molecule has 0 radical (unpaired) electrons. The Balaban J connectivity index is 0.00000364. The molecule has 1 aromatic heterocycles. The van der Waals surface area contributed by atoms with Crippen LogP contribution in [-0.2, 0) is 22.5 Å². The minimum absolute atomic E-state index is 0. The quantitative estimate of drug-likeness (QED) is 0.668. The molecule has 27 heavy (non-hydrogen) atoms. The smallest absolute Gasteiger partial charge is 0.220 e. The van der Waals surface area contributed by atoms with Crippen LogP contribution in [0.1, 0.15) is 50.1 Å². The fraction of sp³-hybridized carbons (Fsp3) is 0.800. The Kier molecular flexibility index (Phi) is 9.77. The van der Waals surface area contributed by atoms with Gasteiger partial charge in [-0.3, -0.25) is 9.48 Å². The van der Waals surface area contributed by atoms with Crippen molar-refractivity contribution < 1.29 is 9.53 Å². The van der Waals surface area contributed by atoms with E-state index in [4.69, 9.17) is 4.74 Å². The van der Waals surface area contributed by atoms with Gasteiger partial charge in [0, 0.05) is 37.7 Å². The van der Waals surface area contributed by atoms with Crippen molar-refractivity contribution >= 4 is 18.3 Å². The van der Waals surface area contributed by atoms with Crippen LogP contribution in [0.5, 0.6) is 0 Å². The molecule has 7 heteroatoms. The molecule has 1 amide bonds. The number of hydrogen-bond acceptors (Lipinski definition) is 4. The van der Waals surface area contributed by atoms with E-state index in [0.717, 1.165) is 44.6 Å². The number of methoxy groups -OCH3 is 1. The zero-order valence-electron chi connectivity index (χ0n) is 17.6. The van der Waals surface area contributed by atoms with E-state index in [1.807, 2.05) is 6.92 Å². The highest BCUT2D eigenvalue weighted by Crippen LogP contribution is 2.28. The van der Waals surface area contributed by atoms with E-state index in [9.17, 15) is 4.79 Å². The number of halogens is 1. The Morgan fingerprint density at radius 1 is 1.33 bits per heavy atom. The normalized spacial score (nSPS) is 16.2. The molecule has 6 nitrogen and oxygen atoms in total. The van der Waals surface area contributed by atoms with Crippen LogP contribution in [0.3, 0.4) is 0 Å². The van der Waals surface area contributed by atoms with Gasteiger partial charge in [-0.05, 0) is 57.7 Å². The Morgan fingerprint density at radius 3 is 2.59 bits per heavy atom. The van der Waals surface area contributed by atoms with Gasteiger partial charge in [-0.1, -0.05) is 13.8 Å². The van der Waals surface area contributed by atoms with Crippen LogP contribution in [0.4, 0.5) is 0 Å². The number of carbonyl (C=O) groups is 1. The lowest BCUT2D eigenvalue weighted by Crippen LogP contribution is -2.47. The molecule has 0 saturated carbocycles. The Bertz CT molecular complexity index is 590. The van der Waals surface area contributed by atoms with Crippen LogP contribution >= 0.6 is 12.4 Å². The molecule has 0 aromatic carbocycles. The average molecular weight is 401 g/mol. The highest BCUT2D eigenvalue weighted by molar-refractivity contribution is 5.85. The lowest BCUT2D eigenvalue weighted by molar-refractivity contribution is -0.122. The van der Waals surface area contributed by atoms with Crippen LogP contribution < -0.4 is 10.6 Å². The summed E-state index contributed by atoms with van der Waals surface area (Å²) >= 11 is 0. The van der Waals surface area contributed by atoms with Gasteiger partial charge in [-0.25, -0.2) is 0 Å². The number of hydrogen-bond donors (Lipinski definition) is 2. The monoisotopic (exact) mass is 400 g/mol. The number of nitrogens with zero attached hydrogens (tertiary/aromatic N) is 2. The molecule has 1 saturated heterocycles. The third kappa shape index (κ3) is 6.77. The highest BCUT2D eigenvalue weighted by Gasteiger charge is 2.32. The van der Waals surface area contributed by atoms with E-state index < -0.39 is 0 Å². The molecule has 156 valence electrons. The standard InChI is InChI=1S/C20H36N4O2.ClH/c1-15(2)12-24-17(4)18(16(3)23-24)6-7-19(25)22-13-20(14-26-5)8-10-21-11-9-20;/h15,21H,6-14H2,1-5H3,(H,22,25);1H. The Hall–Kier alpha value is -1.11. The third-order valence-electron chi connectivity index (χ3n) is 5.45. The van der Waals surface area contributed by atoms with Crippen LogP contribution in [-0.4, -0.2) is 49.0 Å². The molecule has 2 N–H and O–H groups in total. The summed E-state index contributed by atoms with van der Waals surface area (Å²) in [7, 11) is 1.74. The maximum absolute atomic E-state index is 12.4. The summed E-state index contributed by atoms with van der Waals surface area (Å²) in [6.07, 6.45) is 3.35. The number of aromatic nitrogens is 2. The molecule has 2 heterocycles. The largest absolute Gasteiger partial charge is 0.384 e. The summed E-state index contributed by atoms with van der Waals surface area (Å²) in [4.78, 5) is 12.4. The topological polar surface area (TPSA) is 68.2 Å². The molecule has 0 unspecified atom stereocenters. The third-order valence-corrected chi connectivity index (χ3v) is 5.45. The summed E-state index contributed by atoms with van der Waals surface area (Å²) in [5.41, 5.74) is 3.53. The molecule has 1 aliphatic heterocycles. The fourth-order valence-corrected chi connectivity index (χ4v) is 3.87. The molecule has 0 spiro atoms. The Labute approximate surface area is 170 Å². The first-order valence-electron chi connectivity index (χ1n) is 9.86. The van der Waals surface area contributed by atoms with Gasteiger partial charge in [0.25, 0.3) is 0 Å². The fourth-order valence-electron chi connectivity index (χ4n) is 3.87. The van der Waals surface area contributed by atoms with Gasteiger partial charge in [0.2, 0.25) is 5.91 Å². The van der Waals surface area contributed by atoms with Crippen molar-refractivity contribution in [1.29, 1.82) is 0 Å². The molecule has 0 aliphatic carbocycles. The second-order valence-corrected chi connectivity index (χ2v) is 8.19. The van der Waals surface area contributed by atoms with Crippen molar-refractivity contribution in [2.45, 2.75) is 59.9 Å². The van der Waals surface area contributed by atoms with Crippen LogP contribution in [0.15, 0.2) is 0 Å². The second-order valence-electron chi connectivity index (χ2n) is 8.19. The lowest BCUT2D eigenvalue weighted by atomic mass is 9.79. The van der Waals surface area contributed by atoms with Crippen LogP contribution in [0.2, 0.25) is 0 Å². The minimum atomic E-state index is 0. The first-order valence-corrected chi connectivity index (χ1v) is 9.86. The number of amides is 1. The zero-order valence-corrected chi connectivity index (χ0v) is 18.4. The summed E-state index contributed by atoms with van der Waals surface area (Å²) in [6.45, 7) is 12.9. The SMILES string of the molecule is COCC1(CNC(=O)CCc2c(C)nn(CC(C)C)c2C)CCNCC1.Cl. The van der Waals surface area contributed by atoms with Gasteiger partial charge >= 0.3 is 0 Å². The maximum atomic E-state index is 12.4. The van der Waals surface area contributed by atoms with Gasteiger partial charge in [0.05, 0.1) is 12.3 Å². The number of rotatable bonds is 9. The summed E-state index contributed by atoms with van der Waals surface area (Å²) in [6, 6.07) is 0. The highest BCUT2D eigenvalue weighted by atomic mass is 35.5. The van der Waals surface area contributed by atoms with E-state index in [1.54, 1.807) is 7.11 Å². The molecule has 1 aliphatic rings. The van der Waals surface area contributed by atoms with E-state index >= 15 is 0 Å². The van der Waals surface area contributed by atoms with E-state index in [1.165, 1.54) is 11.3 Å². The van der Waals surface area contributed by atoms with Gasteiger partial charge < -0.3 is 15.4 Å². The number of nitrogens with one attached hydrogen (secondary N) is 2. The van der Waals surface area contributed by atoms with Gasteiger partial charge in [0.15, 0.2) is 0 Å². The molecule has 1 fully saturated rings. The molecular weight excluding hydrogens is 364 g/mol. The predicted molar refractivity (Wildman–Crippen MR) is 112 cm³/mol. The van der Waals surface area contributed by atoms with Crippen molar-refractivity contribution in [3.63, 3.8) is 0 Å². The van der Waals surface area contributed by atoms with Gasteiger partial charge in [0.1, 0.15) is 0 Å². The average Bonchev–Trinajstić information content (AvgIpc) is 2.85. The van der Waals surface area contributed by atoms with Gasteiger partial charge in [-0.15, -0.1) is 12.4 Å². The summed E-state index contributed by atoms with van der Waals surface area (Å²) < 4.78 is 7.50. The Morgan fingerprint density at radius 2 is 2.00 bits per heavy atom. The van der Waals surface area contributed by atoms with Crippen LogP contribution in [0.25, 0.3) is 0 Å². The summed E-state index contributed by atoms with van der Waals surface area (Å²) in [5.74, 6) is 0.681. The van der Waals surface area contributed by atoms with Gasteiger partial charge in [-0.2, -0.15) is 5.10 Å². The van der Waals surface area contributed by atoms with Crippen molar-refractivity contribution in [2.75, 3.05) is 33.4 Å². The molecular formula is C20H37ClN4O2. The van der Waals surface area contributed by atoms with E-state index in [-0.39, 0.29) is 23.7 Å². The molecule has 0 atom stereocenters. The van der Waals surface area contributed by atoms with Crippen molar-refractivity contribution in [3.8, 4) is 0 Å².